The van der Waals surface area contributed by atoms with Gasteiger partial charge in [0.1, 0.15) is 0 Å². The summed E-state index contributed by atoms with van der Waals surface area (Å²) >= 11 is 0. The molecule has 0 aliphatic carbocycles. The number of carboxylic acid groups (broad SMARTS) is 1. The van der Waals surface area contributed by atoms with Crippen molar-refractivity contribution < 1.29 is 18.3 Å². The molecule has 4 rings (SSSR count). The van der Waals surface area contributed by atoms with Gasteiger partial charge in [0, 0.05) is 18.5 Å². The van der Waals surface area contributed by atoms with E-state index in [1.165, 1.54) is 4.31 Å². The Labute approximate surface area is 169 Å². The second-order valence-electron chi connectivity index (χ2n) is 7.66. The van der Waals surface area contributed by atoms with Gasteiger partial charge >= 0.3 is 5.97 Å². The number of nitrogens with zero attached hydrogens (tertiary/aromatic N) is 3. The van der Waals surface area contributed by atoms with Crippen molar-refractivity contribution in [2.75, 3.05) is 13.1 Å². The summed E-state index contributed by atoms with van der Waals surface area (Å²) in [6.07, 6.45) is -0.167. The highest BCUT2D eigenvalue weighted by Crippen LogP contribution is 2.34. The number of carbonyl (C=O) groups is 1. The van der Waals surface area contributed by atoms with Crippen LogP contribution < -0.4 is 0 Å². The SMILES string of the molecule is Cc1ccc(S(=O)(=O)N2C[C@@H](C)[C@@H](n3nc(CC(=O)O)c4ccccc43)C2)cc1. The number of aryl methyl sites for hydroxylation is 1. The van der Waals surface area contributed by atoms with Crippen LogP contribution in [0.15, 0.2) is 53.4 Å². The van der Waals surface area contributed by atoms with Gasteiger partial charge in [-0.3, -0.25) is 9.48 Å². The molecule has 3 aromatic rings. The van der Waals surface area contributed by atoms with Crippen LogP contribution in [0.1, 0.15) is 24.2 Å². The second-order valence-corrected chi connectivity index (χ2v) is 9.60. The molecule has 0 unspecified atom stereocenters. The number of aliphatic carboxylic acids is 1. The lowest BCUT2D eigenvalue weighted by Gasteiger charge is -2.17. The highest BCUT2D eigenvalue weighted by Gasteiger charge is 2.39. The lowest BCUT2D eigenvalue weighted by Crippen LogP contribution is -2.29. The van der Waals surface area contributed by atoms with E-state index in [0.717, 1.165) is 16.5 Å². The molecule has 0 amide bonds. The van der Waals surface area contributed by atoms with Crippen LogP contribution in [-0.2, 0) is 21.2 Å². The molecule has 1 aromatic heterocycles. The molecule has 0 bridgehead atoms. The fourth-order valence-electron chi connectivity index (χ4n) is 3.96. The molecule has 0 spiro atoms. The molecule has 1 saturated heterocycles. The Hall–Kier alpha value is -2.71. The van der Waals surface area contributed by atoms with Crippen LogP contribution in [0.25, 0.3) is 10.9 Å². The second kappa shape index (κ2) is 7.27. The molecule has 29 heavy (non-hydrogen) atoms. The van der Waals surface area contributed by atoms with Crippen LogP contribution in [0.5, 0.6) is 0 Å². The number of sulfonamides is 1. The maximum absolute atomic E-state index is 13.1. The molecule has 2 atom stereocenters. The first-order valence-corrected chi connectivity index (χ1v) is 11.0. The van der Waals surface area contributed by atoms with Crippen molar-refractivity contribution in [1.82, 2.24) is 14.1 Å². The summed E-state index contributed by atoms with van der Waals surface area (Å²) in [5, 5.41) is 14.6. The minimum Gasteiger partial charge on any atom is -0.481 e. The lowest BCUT2D eigenvalue weighted by atomic mass is 10.1. The van der Waals surface area contributed by atoms with Crippen LogP contribution in [0, 0.1) is 12.8 Å². The summed E-state index contributed by atoms with van der Waals surface area (Å²) in [5.74, 6) is -0.903. The molecular formula is C21H23N3O4S. The number of carboxylic acids is 1. The van der Waals surface area contributed by atoms with Crippen molar-refractivity contribution in [1.29, 1.82) is 0 Å². The van der Waals surface area contributed by atoms with Gasteiger partial charge in [0.15, 0.2) is 0 Å². The Kier molecular flexibility index (Phi) is 4.92. The summed E-state index contributed by atoms with van der Waals surface area (Å²) in [4.78, 5) is 11.5. The van der Waals surface area contributed by atoms with Gasteiger partial charge in [-0.1, -0.05) is 42.8 Å². The van der Waals surface area contributed by atoms with Crippen LogP contribution in [0.4, 0.5) is 0 Å². The van der Waals surface area contributed by atoms with Gasteiger partial charge in [0.25, 0.3) is 0 Å². The molecule has 2 heterocycles. The smallest absolute Gasteiger partial charge is 0.309 e. The van der Waals surface area contributed by atoms with Crippen LogP contribution in [0.3, 0.4) is 0 Å². The van der Waals surface area contributed by atoms with E-state index < -0.39 is 16.0 Å². The Bertz CT molecular complexity index is 1170. The zero-order valence-corrected chi connectivity index (χ0v) is 17.1. The highest BCUT2D eigenvalue weighted by molar-refractivity contribution is 7.89. The minimum absolute atomic E-state index is 0.0382. The molecule has 1 N–H and O–H groups in total. The number of aromatic nitrogens is 2. The van der Waals surface area contributed by atoms with E-state index in [0.29, 0.717) is 18.8 Å². The third-order valence-corrected chi connectivity index (χ3v) is 7.37. The van der Waals surface area contributed by atoms with Gasteiger partial charge in [-0.2, -0.15) is 9.40 Å². The summed E-state index contributed by atoms with van der Waals surface area (Å²) < 4.78 is 29.5. The van der Waals surface area contributed by atoms with Crippen LogP contribution in [-0.4, -0.2) is 46.7 Å². The van der Waals surface area contributed by atoms with Crippen molar-refractivity contribution in [2.45, 2.75) is 31.2 Å². The molecule has 0 saturated carbocycles. The van der Waals surface area contributed by atoms with Crippen LogP contribution in [0.2, 0.25) is 0 Å². The molecule has 1 aliphatic rings. The Morgan fingerprint density at radius 1 is 1.14 bits per heavy atom. The Morgan fingerprint density at radius 2 is 1.83 bits per heavy atom. The first kappa shape index (κ1) is 19.6. The first-order valence-electron chi connectivity index (χ1n) is 9.52. The van der Waals surface area contributed by atoms with E-state index in [2.05, 4.69) is 5.10 Å². The molecular weight excluding hydrogens is 390 g/mol. The zero-order chi connectivity index (χ0) is 20.8. The largest absolute Gasteiger partial charge is 0.481 e. The van der Waals surface area contributed by atoms with E-state index >= 15 is 0 Å². The maximum Gasteiger partial charge on any atom is 0.309 e. The van der Waals surface area contributed by atoms with Crippen molar-refractivity contribution in [3.63, 3.8) is 0 Å². The summed E-state index contributed by atoms with van der Waals surface area (Å²) in [6.45, 7) is 4.61. The minimum atomic E-state index is -3.60. The molecule has 1 aliphatic heterocycles. The van der Waals surface area contributed by atoms with Crippen molar-refractivity contribution in [2.24, 2.45) is 5.92 Å². The Balaban J connectivity index is 1.69. The average molecular weight is 413 g/mol. The first-order chi connectivity index (χ1) is 13.8. The molecule has 7 nitrogen and oxygen atoms in total. The summed E-state index contributed by atoms with van der Waals surface area (Å²) in [6, 6.07) is 14.2. The van der Waals surface area contributed by atoms with E-state index in [1.807, 2.05) is 42.8 Å². The van der Waals surface area contributed by atoms with Gasteiger partial charge < -0.3 is 5.11 Å². The number of hydrogen-bond donors (Lipinski definition) is 1. The summed E-state index contributed by atoms with van der Waals surface area (Å²) in [7, 11) is -3.60. The van der Waals surface area contributed by atoms with E-state index in [-0.39, 0.29) is 23.3 Å². The topological polar surface area (TPSA) is 92.5 Å². The molecule has 8 heteroatoms. The van der Waals surface area contributed by atoms with E-state index in [4.69, 9.17) is 0 Å². The maximum atomic E-state index is 13.1. The fraction of sp³-hybridized carbons (Fsp3) is 0.333. The fourth-order valence-corrected chi connectivity index (χ4v) is 5.52. The standard InChI is InChI=1S/C21H23N3O4S/c1-14-7-9-16(10-8-14)29(27,28)23-12-15(2)20(13-23)24-19-6-4-3-5-17(19)18(22-24)11-21(25)26/h3-10,15,20H,11-13H2,1-2H3,(H,25,26)/t15-,20+/m1/s1. The molecule has 2 aromatic carbocycles. The van der Waals surface area contributed by atoms with E-state index in [1.54, 1.807) is 24.3 Å². The predicted molar refractivity (Wildman–Crippen MR) is 109 cm³/mol. The van der Waals surface area contributed by atoms with Crippen LogP contribution >= 0.6 is 0 Å². The number of hydrogen-bond acceptors (Lipinski definition) is 4. The van der Waals surface area contributed by atoms with Crippen molar-refractivity contribution in [3.05, 3.63) is 59.8 Å². The summed E-state index contributed by atoms with van der Waals surface area (Å²) in [5.41, 5.74) is 2.33. The number of benzene rings is 2. The molecule has 152 valence electrons. The lowest BCUT2D eigenvalue weighted by molar-refractivity contribution is -0.136. The van der Waals surface area contributed by atoms with Gasteiger partial charge in [0.2, 0.25) is 10.0 Å². The normalized spacial score (nSPS) is 20.3. The van der Waals surface area contributed by atoms with Gasteiger partial charge in [-0.15, -0.1) is 0 Å². The number of rotatable bonds is 5. The third-order valence-electron chi connectivity index (χ3n) is 5.52. The average Bonchev–Trinajstić information content (AvgIpc) is 3.23. The Morgan fingerprint density at radius 3 is 2.52 bits per heavy atom. The predicted octanol–water partition coefficient (Wildman–Crippen LogP) is 2.85. The van der Waals surface area contributed by atoms with Crippen molar-refractivity contribution >= 4 is 26.9 Å². The van der Waals surface area contributed by atoms with Gasteiger partial charge in [-0.25, -0.2) is 8.42 Å². The number of fused-ring (bicyclic) bond motifs is 1. The quantitative estimate of drug-likeness (QED) is 0.694. The molecule has 1 fully saturated rings. The van der Waals surface area contributed by atoms with Gasteiger partial charge in [0.05, 0.1) is 28.6 Å². The van der Waals surface area contributed by atoms with Crippen molar-refractivity contribution in [3.8, 4) is 0 Å². The zero-order valence-electron chi connectivity index (χ0n) is 16.3. The van der Waals surface area contributed by atoms with E-state index in [9.17, 15) is 18.3 Å². The number of para-hydroxylation sites is 1. The molecule has 0 radical (unpaired) electrons. The highest BCUT2D eigenvalue weighted by atomic mass is 32.2. The van der Waals surface area contributed by atoms with Gasteiger partial charge in [-0.05, 0) is 31.0 Å². The monoisotopic (exact) mass is 413 g/mol. The third kappa shape index (κ3) is 3.54.